The second-order valence-corrected chi connectivity index (χ2v) is 7.52. The van der Waals surface area contributed by atoms with Gasteiger partial charge in [-0.25, -0.2) is 0 Å². The molecule has 1 unspecified atom stereocenters. The molecule has 5 nitrogen and oxygen atoms in total. The third-order valence-corrected chi connectivity index (χ3v) is 5.26. The van der Waals surface area contributed by atoms with Crippen molar-refractivity contribution in [2.75, 3.05) is 17.7 Å². The summed E-state index contributed by atoms with van der Waals surface area (Å²) < 4.78 is 5.41. The fourth-order valence-electron chi connectivity index (χ4n) is 2.41. The van der Waals surface area contributed by atoms with Crippen molar-refractivity contribution in [3.05, 3.63) is 54.1 Å². The first-order valence-corrected chi connectivity index (χ1v) is 10.5. The summed E-state index contributed by atoms with van der Waals surface area (Å²) in [6.45, 7) is 6.90. The average molecular weight is 401 g/mol. The number of amides is 2. The predicted molar refractivity (Wildman–Crippen MR) is 115 cm³/mol. The fourth-order valence-corrected chi connectivity index (χ4v) is 3.14. The maximum atomic E-state index is 12.1. The van der Waals surface area contributed by atoms with Crippen molar-refractivity contribution in [1.29, 1.82) is 0 Å². The van der Waals surface area contributed by atoms with Gasteiger partial charge in [-0.3, -0.25) is 9.59 Å². The summed E-state index contributed by atoms with van der Waals surface area (Å²) in [6.07, 6.45) is 0.799. The monoisotopic (exact) mass is 400 g/mol. The van der Waals surface area contributed by atoms with Crippen molar-refractivity contribution in [3.8, 4) is 5.75 Å². The van der Waals surface area contributed by atoms with E-state index in [-0.39, 0.29) is 17.7 Å². The molecule has 0 aliphatic rings. The molecule has 0 fully saturated rings. The molecule has 2 N–H and O–H groups in total. The Labute approximate surface area is 171 Å². The zero-order valence-corrected chi connectivity index (χ0v) is 17.5. The molecule has 0 aliphatic carbocycles. The number of nitrogens with one attached hydrogen (secondary N) is 2. The van der Waals surface area contributed by atoms with E-state index in [4.69, 9.17) is 4.74 Å². The minimum atomic E-state index is -0.0343. The molecule has 2 aromatic rings. The zero-order valence-electron chi connectivity index (χ0n) is 16.7. The number of anilines is 1. The van der Waals surface area contributed by atoms with Crippen molar-refractivity contribution in [1.82, 2.24) is 5.32 Å². The second-order valence-electron chi connectivity index (χ2n) is 6.47. The Morgan fingerprint density at radius 1 is 1.11 bits per heavy atom. The minimum Gasteiger partial charge on any atom is -0.494 e. The summed E-state index contributed by atoms with van der Waals surface area (Å²) in [5, 5.41) is 5.83. The van der Waals surface area contributed by atoms with Gasteiger partial charge in [-0.15, -0.1) is 11.8 Å². The van der Waals surface area contributed by atoms with E-state index in [1.165, 1.54) is 11.8 Å². The van der Waals surface area contributed by atoms with Crippen LogP contribution in [0.15, 0.2) is 53.4 Å². The van der Waals surface area contributed by atoms with Gasteiger partial charge in [-0.05, 0) is 55.3 Å². The van der Waals surface area contributed by atoms with Gasteiger partial charge in [0.15, 0.2) is 0 Å². The standard InChI is InChI=1S/C22H28N2O3S/c1-4-16(3)22(26)24-18-8-6-7-17(13-18)14-23-21(25)15-28-20-11-9-19(10-12-20)27-5-2/h6-13,16H,4-5,14-15H2,1-3H3,(H,23,25)(H,24,26). The molecular formula is C22H28N2O3S. The van der Waals surface area contributed by atoms with Gasteiger partial charge in [0, 0.05) is 23.0 Å². The Kier molecular flexibility index (Phi) is 8.88. The van der Waals surface area contributed by atoms with Gasteiger partial charge in [0.25, 0.3) is 0 Å². The Morgan fingerprint density at radius 2 is 1.86 bits per heavy atom. The molecule has 0 saturated carbocycles. The van der Waals surface area contributed by atoms with Gasteiger partial charge in [0.1, 0.15) is 5.75 Å². The Balaban J connectivity index is 1.79. The number of ether oxygens (including phenoxy) is 1. The molecule has 0 spiro atoms. The van der Waals surface area contributed by atoms with Crippen LogP contribution in [0.2, 0.25) is 0 Å². The lowest BCUT2D eigenvalue weighted by molar-refractivity contribution is -0.120. The van der Waals surface area contributed by atoms with Gasteiger partial charge < -0.3 is 15.4 Å². The summed E-state index contributed by atoms with van der Waals surface area (Å²) >= 11 is 1.48. The first-order valence-electron chi connectivity index (χ1n) is 9.54. The number of rotatable bonds is 10. The van der Waals surface area contributed by atoms with Crippen molar-refractivity contribution < 1.29 is 14.3 Å². The highest BCUT2D eigenvalue weighted by Gasteiger charge is 2.10. The van der Waals surface area contributed by atoms with Crippen LogP contribution in [0.3, 0.4) is 0 Å². The van der Waals surface area contributed by atoms with Crippen molar-refractivity contribution in [2.45, 2.75) is 38.6 Å². The summed E-state index contributed by atoms with van der Waals surface area (Å²) in [6, 6.07) is 15.3. The van der Waals surface area contributed by atoms with Crippen LogP contribution < -0.4 is 15.4 Å². The Hall–Kier alpha value is -2.47. The van der Waals surface area contributed by atoms with E-state index in [1.807, 2.05) is 69.3 Å². The summed E-state index contributed by atoms with van der Waals surface area (Å²) in [5.74, 6) is 1.13. The molecular weight excluding hydrogens is 372 g/mol. The summed E-state index contributed by atoms with van der Waals surface area (Å²) in [7, 11) is 0. The quantitative estimate of drug-likeness (QED) is 0.577. The maximum absolute atomic E-state index is 12.1. The van der Waals surface area contributed by atoms with E-state index in [1.54, 1.807) is 0 Å². The molecule has 0 heterocycles. The second kappa shape index (κ2) is 11.4. The Bertz CT molecular complexity index is 778. The predicted octanol–water partition coefficient (Wildman–Crippen LogP) is 4.48. The largest absolute Gasteiger partial charge is 0.494 e. The van der Waals surface area contributed by atoms with Crippen molar-refractivity contribution in [2.24, 2.45) is 5.92 Å². The van der Waals surface area contributed by atoms with E-state index in [9.17, 15) is 9.59 Å². The van der Waals surface area contributed by atoms with Crippen LogP contribution in [0.4, 0.5) is 5.69 Å². The highest BCUT2D eigenvalue weighted by Crippen LogP contribution is 2.21. The van der Waals surface area contributed by atoms with Gasteiger partial charge >= 0.3 is 0 Å². The van der Waals surface area contributed by atoms with Crippen molar-refractivity contribution >= 4 is 29.3 Å². The van der Waals surface area contributed by atoms with Crippen molar-refractivity contribution in [3.63, 3.8) is 0 Å². The molecule has 150 valence electrons. The van der Waals surface area contributed by atoms with E-state index >= 15 is 0 Å². The van der Waals surface area contributed by atoms with E-state index < -0.39 is 0 Å². The molecule has 0 bridgehead atoms. The molecule has 1 atom stereocenters. The average Bonchev–Trinajstić information content (AvgIpc) is 2.71. The molecule has 2 amide bonds. The van der Waals surface area contributed by atoms with Gasteiger partial charge in [-0.2, -0.15) is 0 Å². The molecule has 0 saturated heterocycles. The normalized spacial score (nSPS) is 11.5. The van der Waals surface area contributed by atoms with E-state index in [2.05, 4.69) is 10.6 Å². The van der Waals surface area contributed by atoms with E-state index in [0.717, 1.165) is 28.3 Å². The van der Waals surface area contributed by atoms with Crippen LogP contribution in [0.25, 0.3) is 0 Å². The number of thioether (sulfide) groups is 1. The SMILES string of the molecule is CCOc1ccc(SCC(=O)NCc2cccc(NC(=O)C(C)CC)c2)cc1. The van der Waals surface area contributed by atoms with Crippen LogP contribution in [0.5, 0.6) is 5.75 Å². The highest BCUT2D eigenvalue weighted by atomic mass is 32.2. The number of benzene rings is 2. The highest BCUT2D eigenvalue weighted by molar-refractivity contribution is 8.00. The topological polar surface area (TPSA) is 67.4 Å². The van der Waals surface area contributed by atoms with Crippen LogP contribution in [0.1, 0.15) is 32.8 Å². The summed E-state index contributed by atoms with van der Waals surface area (Å²) in [5.41, 5.74) is 1.70. The lowest BCUT2D eigenvalue weighted by Crippen LogP contribution is -2.24. The van der Waals surface area contributed by atoms with Crippen LogP contribution in [-0.2, 0) is 16.1 Å². The van der Waals surface area contributed by atoms with Gasteiger partial charge in [0.05, 0.1) is 12.4 Å². The number of carbonyl (C=O) groups excluding carboxylic acids is 2. The smallest absolute Gasteiger partial charge is 0.230 e. The lowest BCUT2D eigenvalue weighted by Gasteiger charge is -2.11. The number of hydrogen-bond donors (Lipinski definition) is 2. The fraction of sp³-hybridized carbons (Fsp3) is 0.364. The first-order chi connectivity index (χ1) is 13.5. The zero-order chi connectivity index (χ0) is 20.4. The molecule has 0 radical (unpaired) electrons. The molecule has 2 rings (SSSR count). The molecule has 6 heteroatoms. The van der Waals surface area contributed by atoms with E-state index in [0.29, 0.717) is 18.9 Å². The Morgan fingerprint density at radius 3 is 2.54 bits per heavy atom. The maximum Gasteiger partial charge on any atom is 0.230 e. The van der Waals surface area contributed by atoms with Gasteiger partial charge in [-0.1, -0.05) is 26.0 Å². The van der Waals surface area contributed by atoms with Crippen LogP contribution in [-0.4, -0.2) is 24.2 Å². The molecule has 0 aromatic heterocycles. The summed E-state index contributed by atoms with van der Waals surface area (Å²) in [4.78, 5) is 25.2. The lowest BCUT2D eigenvalue weighted by atomic mass is 10.1. The third kappa shape index (κ3) is 7.27. The third-order valence-electron chi connectivity index (χ3n) is 4.25. The van der Waals surface area contributed by atoms with Crippen LogP contribution >= 0.6 is 11.8 Å². The number of carbonyl (C=O) groups is 2. The minimum absolute atomic E-state index is 0.00967. The molecule has 2 aromatic carbocycles. The first kappa shape index (κ1) is 21.8. The van der Waals surface area contributed by atoms with Crippen LogP contribution in [0, 0.1) is 5.92 Å². The number of hydrogen-bond acceptors (Lipinski definition) is 4. The molecule has 0 aliphatic heterocycles. The van der Waals surface area contributed by atoms with Gasteiger partial charge in [0.2, 0.25) is 11.8 Å². The molecule has 28 heavy (non-hydrogen) atoms.